The maximum absolute atomic E-state index is 5.06. The van der Waals surface area contributed by atoms with Crippen molar-refractivity contribution in [2.75, 3.05) is 13.1 Å². The third-order valence-corrected chi connectivity index (χ3v) is 7.08. The SMILES string of the molecule is C[C@H]1N[C@H]2CCCC[C@@H]2NCCN[C@H]2CCCC[C@@H]2N[C@H](C)c2cccc1n2. The molecular weight excluding hydrogens is 346 g/mol. The summed E-state index contributed by atoms with van der Waals surface area (Å²) in [6.07, 6.45) is 10.4. The molecule has 0 aromatic carbocycles. The van der Waals surface area contributed by atoms with Crippen molar-refractivity contribution < 1.29 is 0 Å². The molecule has 1 aromatic heterocycles. The zero-order chi connectivity index (χ0) is 19.3. The Bertz CT molecular complexity index is 572. The van der Waals surface area contributed by atoms with E-state index in [1.54, 1.807) is 0 Å². The van der Waals surface area contributed by atoms with E-state index in [2.05, 4.69) is 53.3 Å². The van der Waals surface area contributed by atoms with E-state index in [0.717, 1.165) is 13.1 Å². The van der Waals surface area contributed by atoms with Crippen molar-refractivity contribution in [3.8, 4) is 0 Å². The number of rotatable bonds is 0. The van der Waals surface area contributed by atoms with Crippen LogP contribution in [0.2, 0.25) is 0 Å². The van der Waals surface area contributed by atoms with Gasteiger partial charge in [0.05, 0.1) is 11.4 Å². The van der Waals surface area contributed by atoms with Crippen LogP contribution in [0.1, 0.15) is 88.7 Å². The molecule has 6 atom stereocenters. The maximum Gasteiger partial charge on any atom is 0.0574 e. The average molecular weight is 386 g/mol. The summed E-state index contributed by atoms with van der Waals surface area (Å²) in [5.74, 6) is 0. The van der Waals surface area contributed by atoms with Crippen molar-refractivity contribution >= 4 is 0 Å². The molecule has 0 unspecified atom stereocenters. The molecule has 0 saturated heterocycles. The van der Waals surface area contributed by atoms with Gasteiger partial charge in [0.1, 0.15) is 0 Å². The molecule has 0 spiro atoms. The minimum absolute atomic E-state index is 0.283. The molecule has 2 saturated carbocycles. The normalized spacial score (nSPS) is 37.8. The van der Waals surface area contributed by atoms with Crippen LogP contribution in [-0.4, -0.2) is 42.2 Å². The van der Waals surface area contributed by atoms with E-state index in [1.165, 1.54) is 62.8 Å². The molecule has 5 heteroatoms. The van der Waals surface area contributed by atoms with Gasteiger partial charge in [-0.3, -0.25) is 4.98 Å². The van der Waals surface area contributed by atoms with Gasteiger partial charge in [0.25, 0.3) is 0 Å². The van der Waals surface area contributed by atoms with Crippen LogP contribution in [0, 0.1) is 0 Å². The number of aromatic nitrogens is 1. The predicted molar refractivity (Wildman–Crippen MR) is 115 cm³/mol. The zero-order valence-corrected chi connectivity index (χ0v) is 17.7. The van der Waals surface area contributed by atoms with E-state index in [4.69, 9.17) is 4.98 Å². The van der Waals surface area contributed by atoms with E-state index in [1.807, 2.05) is 0 Å². The number of nitrogens with one attached hydrogen (secondary N) is 4. The van der Waals surface area contributed by atoms with Gasteiger partial charge < -0.3 is 21.3 Å². The lowest BCUT2D eigenvalue weighted by atomic mass is 9.89. The molecule has 4 rings (SSSR count). The van der Waals surface area contributed by atoms with Gasteiger partial charge in [-0.15, -0.1) is 0 Å². The Morgan fingerprint density at radius 3 is 1.57 bits per heavy atom. The van der Waals surface area contributed by atoms with Gasteiger partial charge in [-0.1, -0.05) is 31.7 Å². The number of fused-ring (bicyclic) bond motifs is 4. The molecule has 0 amide bonds. The Labute approximate surface area is 170 Å². The molecule has 5 nitrogen and oxygen atoms in total. The highest BCUT2D eigenvalue weighted by Crippen LogP contribution is 2.24. The predicted octanol–water partition coefficient (Wildman–Crippen LogP) is 3.20. The minimum atomic E-state index is 0.283. The average Bonchev–Trinajstić information content (AvgIpc) is 2.73. The third-order valence-electron chi connectivity index (χ3n) is 7.08. The Morgan fingerprint density at radius 1 is 0.679 bits per heavy atom. The lowest BCUT2D eigenvalue weighted by Crippen LogP contribution is -2.54. The first-order valence-corrected chi connectivity index (χ1v) is 11.7. The van der Waals surface area contributed by atoms with Crippen LogP contribution in [0.25, 0.3) is 0 Å². The molecule has 2 aliphatic carbocycles. The number of hydrogen-bond donors (Lipinski definition) is 4. The summed E-state index contributed by atoms with van der Waals surface area (Å²) in [5, 5.41) is 15.5. The summed E-state index contributed by atoms with van der Waals surface area (Å²) >= 11 is 0. The third kappa shape index (κ3) is 4.93. The summed E-state index contributed by atoms with van der Waals surface area (Å²) in [6.45, 7) is 6.66. The van der Waals surface area contributed by atoms with Gasteiger partial charge in [-0.2, -0.15) is 0 Å². The van der Waals surface area contributed by atoms with Crippen LogP contribution in [0.3, 0.4) is 0 Å². The van der Waals surface area contributed by atoms with E-state index >= 15 is 0 Å². The summed E-state index contributed by atoms with van der Waals surface area (Å²) in [5.41, 5.74) is 2.34. The molecule has 2 fully saturated rings. The molecule has 1 aromatic rings. The fourth-order valence-corrected chi connectivity index (χ4v) is 5.43. The molecule has 2 bridgehead atoms. The van der Waals surface area contributed by atoms with Crippen molar-refractivity contribution in [3.05, 3.63) is 29.6 Å². The quantitative estimate of drug-likeness (QED) is 0.552. The second kappa shape index (κ2) is 9.66. The van der Waals surface area contributed by atoms with Crippen molar-refractivity contribution in [3.63, 3.8) is 0 Å². The first-order valence-electron chi connectivity index (χ1n) is 11.7. The van der Waals surface area contributed by atoms with Crippen LogP contribution in [0.15, 0.2) is 18.2 Å². The van der Waals surface area contributed by atoms with Crippen molar-refractivity contribution in [2.45, 2.75) is 101 Å². The first kappa shape index (κ1) is 20.3. The van der Waals surface area contributed by atoms with Crippen LogP contribution >= 0.6 is 0 Å². The zero-order valence-electron chi connectivity index (χ0n) is 17.7. The summed E-state index contributed by atoms with van der Waals surface area (Å²) < 4.78 is 0. The Morgan fingerprint density at radius 2 is 1.11 bits per heavy atom. The molecule has 0 radical (unpaired) electrons. The largest absolute Gasteiger partial charge is 0.311 e. The summed E-state index contributed by atoms with van der Waals surface area (Å²) in [4.78, 5) is 5.06. The van der Waals surface area contributed by atoms with Gasteiger partial charge in [0.2, 0.25) is 0 Å². The van der Waals surface area contributed by atoms with Crippen molar-refractivity contribution in [1.29, 1.82) is 0 Å². The second-order valence-electron chi connectivity index (χ2n) is 9.17. The highest BCUT2D eigenvalue weighted by Gasteiger charge is 2.29. The van der Waals surface area contributed by atoms with Crippen LogP contribution in [0.5, 0.6) is 0 Å². The fourth-order valence-electron chi connectivity index (χ4n) is 5.43. The number of nitrogens with zero attached hydrogens (tertiary/aromatic N) is 1. The molecule has 1 aliphatic heterocycles. The monoisotopic (exact) mass is 385 g/mol. The standard InChI is InChI=1S/C23H39N5/c1-16-18-12-7-13-19(28-18)17(2)27-23-11-6-4-9-21(23)25-15-14-24-20-8-3-5-10-22(20)26-16/h7,12-13,16-17,20-27H,3-6,8-11,14-15H2,1-2H3/t16-,17-,20+,21+,22+,23+/m1/s1. The van der Waals surface area contributed by atoms with E-state index in [9.17, 15) is 0 Å². The first-order chi connectivity index (χ1) is 13.7. The van der Waals surface area contributed by atoms with Crippen LogP contribution in [-0.2, 0) is 0 Å². The van der Waals surface area contributed by atoms with Gasteiger partial charge in [0.15, 0.2) is 0 Å². The van der Waals surface area contributed by atoms with Crippen LogP contribution in [0.4, 0.5) is 0 Å². The van der Waals surface area contributed by atoms with Gasteiger partial charge in [-0.25, -0.2) is 0 Å². The molecule has 3 aliphatic rings. The van der Waals surface area contributed by atoms with E-state index in [-0.39, 0.29) is 12.1 Å². The number of pyridine rings is 1. The highest BCUT2D eigenvalue weighted by atomic mass is 15.1. The molecule has 156 valence electrons. The molecule has 2 heterocycles. The summed E-state index contributed by atoms with van der Waals surface area (Å²) in [6, 6.07) is 9.34. The topological polar surface area (TPSA) is 61.0 Å². The number of hydrogen-bond acceptors (Lipinski definition) is 5. The van der Waals surface area contributed by atoms with Gasteiger partial charge in [0, 0.05) is 49.3 Å². The highest BCUT2D eigenvalue weighted by molar-refractivity contribution is 5.17. The van der Waals surface area contributed by atoms with Gasteiger partial charge in [-0.05, 0) is 51.7 Å². The lowest BCUT2D eigenvalue weighted by molar-refractivity contribution is 0.254. The summed E-state index contributed by atoms with van der Waals surface area (Å²) in [7, 11) is 0. The lowest BCUT2D eigenvalue weighted by Gasteiger charge is -2.36. The van der Waals surface area contributed by atoms with Crippen molar-refractivity contribution in [2.24, 2.45) is 0 Å². The van der Waals surface area contributed by atoms with E-state index < -0.39 is 0 Å². The van der Waals surface area contributed by atoms with Crippen molar-refractivity contribution in [1.82, 2.24) is 26.3 Å². The second-order valence-corrected chi connectivity index (χ2v) is 9.17. The minimum Gasteiger partial charge on any atom is -0.311 e. The molecule has 4 N–H and O–H groups in total. The fraction of sp³-hybridized carbons (Fsp3) is 0.783. The smallest absolute Gasteiger partial charge is 0.0574 e. The Hall–Kier alpha value is -1.01. The molecular formula is C23H39N5. The molecule has 28 heavy (non-hydrogen) atoms. The van der Waals surface area contributed by atoms with E-state index in [0.29, 0.717) is 24.2 Å². The Balaban J connectivity index is 1.56. The van der Waals surface area contributed by atoms with Gasteiger partial charge >= 0.3 is 0 Å². The van der Waals surface area contributed by atoms with Crippen LogP contribution < -0.4 is 21.3 Å². The Kier molecular flexibility index (Phi) is 6.99. The maximum atomic E-state index is 5.06.